The zero-order chi connectivity index (χ0) is 15.3. The van der Waals surface area contributed by atoms with Crippen LogP contribution in [0.25, 0.3) is 0 Å². The molecule has 1 aliphatic carbocycles. The predicted octanol–water partition coefficient (Wildman–Crippen LogP) is 3.16. The van der Waals surface area contributed by atoms with E-state index >= 15 is 0 Å². The number of rotatable bonds is 5. The predicted molar refractivity (Wildman–Crippen MR) is 81.4 cm³/mol. The second kappa shape index (κ2) is 6.61. The summed E-state index contributed by atoms with van der Waals surface area (Å²) in [5.74, 6) is -0.869. The minimum Gasteiger partial charge on any atom is -0.481 e. The van der Waals surface area contributed by atoms with E-state index < -0.39 is 11.5 Å². The molecule has 0 atom stereocenters. The lowest BCUT2D eigenvalue weighted by Gasteiger charge is -2.28. The summed E-state index contributed by atoms with van der Waals surface area (Å²) < 4.78 is 0. The quantitative estimate of drug-likeness (QED) is 0.779. The number of amides is 2. The number of benzene rings is 1. The number of carboxylic acid groups (broad SMARTS) is 1. The Morgan fingerprint density at radius 3 is 2.52 bits per heavy atom. The van der Waals surface area contributed by atoms with Gasteiger partial charge in [-0.1, -0.05) is 38.0 Å². The van der Waals surface area contributed by atoms with Gasteiger partial charge in [-0.3, -0.25) is 4.79 Å². The topological polar surface area (TPSA) is 78.4 Å². The zero-order valence-corrected chi connectivity index (χ0v) is 12.3. The molecule has 0 aliphatic heterocycles. The molecule has 0 heterocycles. The van der Waals surface area contributed by atoms with Crippen molar-refractivity contribution in [3.8, 4) is 0 Å². The van der Waals surface area contributed by atoms with Crippen LogP contribution < -0.4 is 10.6 Å². The highest BCUT2D eigenvalue weighted by Crippen LogP contribution is 2.32. The molecule has 21 heavy (non-hydrogen) atoms. The first-order chi connectivity index (χ1) is 10.0. The summed E-state index contributed by atoms with van der Waals surface area (Å²) in [6.45, 7) is 2.03. The number of aryl methyl sites for hydroxylation is 1. The Kier molecular flexibility index (Phi) is 4.83. The molecular weight excluding hydrogens is 268 g/mol. The molecule has 1 aromatic carbocycles. The Hall–Kier alpha value is -2.04. The lowest BCUT2D eigenvalue weighted by molar-refractivity contribution is -0.138. The number of nitrogens with one attached hydrogen (secondary N) is 2. The second-order valence-corrected chi connectivity index (χ2v) is 5.65. The lowest BCUT2D eigenvalue weighted by atomic mass is 9.93. The number of carboxylic acids is 1. The number of hydrogen-bond donors (Lipinski definition) is 3. The number of urea groups is 1. The van der Waals surface area contributed by atoms with Gasteiger partial charge in [-0.25, -0.2) is 4.79 Å². The fourth-order valence-electron chi connectivity index (χ4n) is 3.03. The summed E-state index contributed by atoms with van der Waals surface area (Å²) in [5, 5.41) is 14.8. The van der Waals surface area contributed by atoms with E-state index in [2.05, 4.69) is 10.6 Å². The molecule has 1 aromatic rings. The molecule has 5 heteroatoms. The number of anilines is 1. The first-order valence-corrected chi connectivity index (χ1v) is 7.43. The Morgan fingerprint density at radius 1 is 1.24 bits per heavy atom. The van der Waals surface area contributed by atoms with E-state index in [1.54, 1.807) is 0 Å². The van der Waals surface area contributed by atoms with Crippen LogP contribution in [0.15, 0.2) is 24.3 Å². The normalized spacial score (nSPS) is 16.4. The molecule has 3 N–H and O–H groups in total. The molecule has 2 rings (SSSR count). The Balaban J connectivity index is 2.04. The van der Waals surface area contributed by atoms with Gasteiger partial charge in [-0.15, -0.1) is 0 Å². The van der Waals surface area contributed by atoms with E-state index in [9.17, 15) is 9.59 Å². The van der Waals surface area contributed by atoms with Crippen LogP contribution in [0.3, 0.4) is 0 Å². The summed E-state index contributed by atoms with van der Waals surface area (Å²) in [7, 11) is 0. The summed E-state index contributed by atoms with van der Waals surface area (Å²) in [5.41, 5.74) is 1.24. The van der Waals surface area contributed by atoms with Crippen molar-refractivity contribution in [3.05, 3.63) is 29.8 Å². The maximum atomic E-state index is 12.2. The molecule has 1 aliphatic rings. The Bertz CT molecular complexity index is 522. The van der Waals surface area contributed by atoms with Crippen LogP contribution in [-0.4, -0.2) is 22.6 Å². The van der Waals surface area contributed by atoms with Gasteiger partial charge in [0.05, 0.1) is 12.0 Å². The molecule has 0 radical (unpaired) electrons. The van der Waals surface area contributed by atoms with Crippen molar-refractivity contribution in [2.24, 2.45) is 0 Å². The summed E-state index contributed by atoms with van der Waals surface area (Å²) >= 11 is 0. The van der Waals surface area contributed by atoms with Crippen molar-refractivity contribution in [3.63, 3.8) is 0 Å². The number of carbonyl (C=O) groups excluding carboxylic acids is 1. The van der Waals surface area contributed by atoms with Crippen LogP contribution in [0.4, 0.5) is 10.5 Å². The number of carbonyl (C=O) groups is 2. The van der Waals surface area contributed by atoms with Gasteiger partial charge in [0, 0.05) is 5.69 Å². The molecule has 5 nitrogen and oxygen atoms in total. The Labute approximate surface area is 124 Å². The van der Waals surface area contributed by atoms with Crippen LogP contribution in [0.1, 0.15) is 44.6 Å². The molecule has 114 valence electrons. The highest BCUT2D eigenvalue weighted by atomic mass is 16.4. The molecule has 2 amide bonds. The highest BCUT2D eigenvalue weighted by Gasteiger charge is 2.37. The van der Waals surface area contributed by atoms with Crippen molar-refractivity contribution >= 4 is 17.7 Å². The SMILES string of the molecule is CCc1ccccc1NC(=O)NC1(CC(=O)O)CCCC1. The minimum absolute atomic E-state index is 0.0180. The molecule has 0 unspecified atom stereocenters. The van der Waals surface area contributed by atoms with Gasteiger partial charge in [-0.2, -0.15) is 0 Å². The van der Waals surface area contributed by atoms with Crippen molar-refractivity contribution in [2.75, 3.05) is 5.32 Å². The third-order valence-electron chi connectivity index (χ3n) is 4.08. The summed E-state index contributed by atoms with van der Waals surface area (Å²) in [6.07, 6.45) is 4.18. The van der Waals surface area contributed by atoms with Crippen LogP contribution >= 0.6 is 0 Å². The van der Waals surface area contributed by atoms with E-state index in [0.29, 0.717) is 0 Å². The second-order valence-electron chi connectivity index (χ2n) is 5.65. The van der Waals surface area contributed by atoms with E-state index in [1.165, 1.54) is 0 Å². The standard InChI is InChI=1S/C16H22N2O3/c1-2-12-7-3-4-8-13(12)17-15(21)18-16(11-14(19)20)9-5-6-10-16/h3-4,7-8H,2,5-6,9-11H2,1H3,(H,19,20)(H2,17,18,21). The molecular formula is C16H22N2O3. The number of aliphatic carboxylic acids is 1. The van der Waals surface area contributed by atoms with Crippen LogP contribution in [0, 0.1) is 0 Å². The van der Waals surface area contributed by atoms with Crippen molar-refractivity contribution in [2.45, 2.75) is 51.0 Å². The van der Waals surface area contributed by atoms with Crippen molar-refractivity contribution in [1.82, 2.24) is 5.32 Å². The highest BCUT2D eigenvalue weighted by molar-refractivity contribution is 5.91. The van der Waals surface area contributed by atoms with Gasteiger partial charge in [0.15, 0.2) is 0 Å². The smallest absolute Gasteiger partial charge is 0.319 e. The maximum absolute atomic E-state index is 12.2. The van der Waals surface area contributed by atoms with Crippen molar-refractivity contribution < 1.29 is 14.7 Å². The lowest BCUT2D eigenvalue weighted by Crippen LogP contribution is -2.49. The fourth-order valence-corrected chi connectivity index (χ4v) is 3.03. The van der Waals surface area contributed by atoms with Gasteiger partial charge in [0.1, 0.15) is 0 Å². The van der Waals surface area contributed by atoms with Gasteiger partial charge < -0.3 is 15.7 Å². The summed E-state index contributed by atoms with van der Waals surface area (Å²) in [6, 6.07) is 7.32. The third kappa shape index (κ3) is 3.97. The van der Waals surface area contributed by atoms with Crippen molar-refractivity contribution in [1.29, 1.82) is 0 Å². The van der Waals surface area contributed by atoms with Crippen LogP contribution in [0.5, 0.6) is 0 Å². The first kappa shape index (κ1) is 15.4. The zero-order valence-electron chi connectivity index (χ0n) is 12.3. The first-order valence-electron chi connectivity index (χ1n) is 7.43. The van der Waals surface area contributed by atoms with Gasteiger partial charge >= 0.3 is 12.0 Å². The van der Waals surface area contributed by atoms with E-state index in [-0.39, 0.29) is 12.5 Å². The minimum atomic E-state index is -0.869. The average molecular weight is 290 g/mol. The number of para-hydroxylation sites is 1. The molecule has 0 saturated heterocycles. The molecule has 1 saturated carbocycles. The fraction of sp³-hybridized carbons (Fsp3) is 0.500. The Morgan fingerprint density at radius 2 is 1.90 bits per heavy atom. The van der Waals surface area contributed by atoms with Gasteiger partial charge in [0.25, 0.3) is 0 Å². The number of hydrogen-bond acceptors (Lipinski definition) is 2. The molecule has 0 bridgehead atoms. The van der Waals surface area contributed by atoms with E-state index in [0.717, 1.165) is 43.4 Å². The van der Waals surface area contributed by atoms with E-state index in [1.807, 2.05) is 31.2 Å². The third-order valence-corrected chi connectivity index (χ3v) is 4.08. The monoisotopic (exact) mass is 290 g/mol. The van der Waals surface area contributed by atoms with E-state index in [4.69, 9.17) is 5.11 Å². The summed E-state index contributed by atoms with van der Waals surface area (Å²) in [4.78, 5) is 23.2. The maximum Gasteiger partial charge on any atom is 0.319 e. The largest absolute Gasteiger partial charge is 0.481 e. The van der Waals surface area contributed by atoms with Gasteiger partial charge in [-0.05, 0) is 30.9 Å². The molecule has 0 aromatic heterocycles. The molecule has 1 fully saturated rings. The van der Waals surface area contributed by atoms with Crippen LogP contribution in [-0.2, 0) is 11.2 Å². The average Bonchev–Trinajstić information content (AvgIpc) is 2.86. The molecule has 0 spiro atoms. The van der Waals surface area contributed by atoms with Gasteiger partial charge in [0.2, 0.25) is 0 Å². The van der Waals surface area contributed by atoms with Crippen LogP contribution in [0.2, 0.25) is 0 Å².